The first kappa shape index (κ1) is 13.9. The molecule has 1 amide bonds. The summed E-state index contributed by atoms with van der Waals surface area (Å²) in [4.78, 5) is 12.1. The summed E-state index contributed by atoms with van der Waals surface area (Å²) in [5.74, 6) is 0.761. The molecule has 1 fully saturated rings. The Bertz CT molecular complexity index is 397. The summed E-state index contributed by atoms with van der Waals surface area (Å²) < 4.78 is 5.38. The number of rotatable bonds is 5. The van der Waals surface area contributed by atoms with E-state index >= 15 is 0 Å². The van der Waals surface area contributed by atoms with E-state index in [1.54, 1.807) is 12.1 Å². The first-order valence-electron chi connectivity index (χ1n) is 7.03. The molecular formula is C15H22N2O2. The fraction of sp³-hybridized carbons (Fsp3) is 0.533. The number of nitrogens with one attached hydrogen (secondary N) is 1. The lowest BCUT2D eigenvalue weighted by molar-refractivity contribution is 0.0927. The summed E-state index contributed by atoms with van der Waals surface area (Å²) in [5.41, 5.74) is 6.06. The number of hydrogen-bond acceptors (Lipinski definition) is 3. The van der Waals surface area contributed by atoms with E-state index in [9.17, 15) is 4.79 Å². The van der Waals surface area contributed by atoms with E-state index in [2.05, 4.69) is 5.32 Å². The van der Waals surface area contributed by atoms with Crippen LogP contribution in [-0.2, 0) is 0 Å². The molecule has 1 aromatic rings. The number of nitrogens with two attached hydrogens (primary N) is 1. The average Bonchev–Trinajstić information content (AvgIpc) is 2.46. The van der Waals surface area contributed by atoms with E-state index < -0.39 is 0 Å². The number of ether oxygens (including phenoxy) is 1. The standard InChI is InChI=1S/C15H22N2O2/c16-10-11-19-14-8-6-12(7-9-14)15(18)17-13-4-2-1-3-5-13/h6-9,13H,1-5,10-11,16H2,(H,17,18). The minimum atomic E-state index is 0.0114. The Hall–Kier alpha value is -1.55. The molecular weight excluding hydrogens is 240 g/mol. The topological polar surface area (TPSA) is 64.3 Å². The van der Waals surface area contributed by atoms with Gasteiger partial charge in [-0.05, 0) is 37.1 Å². The zero-order valence-electron chi connectivity index (χ0n) is 11.2. The van der Waals surface area contributed by atoms with Crippen LogP contribution in [0.15, 0.2) is 24.3 Å². The van der Waals surface area contributed by atoms with Gasteiger partial charge >= 0.3 is 0 Å². The first-order valence-corrected chi connectivity index (χ1v) is 7.03. The van der Waals surface area contributed by atoms with Gasteiger partial charge in [-0.25, -0.2) is 0 Å². The van der Waals surface area contributed by atoms with E-state index in [4.69, 9.17) is 10.5 Å². The fourth-order valence-corrected chi connectivity index (χ4v) is 2.39. The minimum Gasteiger partial charge on any atom is -0.492 e. The summed E-state index contributed by atoms with van der Waals surface area (Å²) in [6.45, 7) is 0.984. The van der Waals surface area contributed by atoms with Crippen molar-refractivity contribution in [2.75, 3.05) is 13.2 Å². The Kier molecular flexibility index (Phi) is 5.21. The van der Waals surface area contributed by atoms with Gasteiger partial charge < -0.3 is 15.8 Å². The molecule has 0 radical (unpaired) electrons. The lowest BCUT2D eigenvalue weighted by Crippen LogP contribution is -2.36. The molecule has 0 aromatic heterocycles. The van der Waals surface area contributed by atoms with Gasteiger partial charge in [0.1, 0.15) is 12.4 Å². The van der Waals surface area contributed by atoms with Crippen LogP contribution in [0, 0.1) is 0 Å². The molecule has 0 atom stereocenters. The highest BCUT2D eigenvalue weighted by atomic mass is 16.5. The van der Waals surface area contributed by atoms with E-state index in [0.717, 1.165) is 18.6 Å². The van der Waals surface area contributed by atoms with Crippen LogP contribution in [0.3, 0.4) is 0 Å². The third kappa shape index (κ3) is 4.24. The van der Waals surface area contributed by atoms with E-state index in [-0.39, 0.29) is 5.91 Å². The number of hydrogen-bond donors (Lipinski definition) is 2. The van der Waals surface area contributed by atoms with Gasteiger partial charge in [0.25, 0.3) is 5.91 Å². The number of carbonyl (C=O) groups excluding carboxylic acids is 1. The third-order valence-electron chi connectivity index (χ3n) is 3.44. The van der Waals surface area contributed by atoms with Crippen LogP contribution in [0.5, 0.6) is 5.75 Å². The van der Waals surface area contributed by atoms with Gasteiger partial charge in [0.05, 0.1) is 0 Å². The van der Waals surface area contributed by atoms with Crippen LogP contribution in [0.4, 0.5) is 0 Å². The Morgan fingerprint density at radius 2 is 1.89 bits per heavy atom. The van der Waals surface area contributed by atoms with Crippen LogP contribution >= 0.6 is 0 Å². The molecule has 1 aromatic carbocycles. The molecule has 0 heterocycles. The maximum atomic E-state index is 12.1. The van der Waals surface area contributed by atoms with Crippen molar-refractivity contribution in [1.82, 2.24) is 5.32 Å². The first-order chi connectivity index (χ1) is 9.29. The minimum absolute atomic E-state index is 0.0114. The fourth-order valence-electron chi connectivity index (χ4n) is 2.39. The molecule has 104 valence electrons. The second-order valence-electron chi connectivity index (χ2n) is 4.97. The van der Waals surface area contributed by atoms with Gasteiger partial charge in [0.15, 0.2) is 0 Å². The molecule has 0 unspecified atom stereocenters. The highest BCUT2D eigenvalue weighted by Gasteiger charge is 2.16. The lowest BCUT2D eigenvalue weighted by Gasteiger charge is -2.22. The smallest absolute Gasteiger partial charge is 0.251 e. The van der Waals surface area contributed by atoms with Crippen molar-refractivity contribution in [3.8, 4) is 5.75 Å². The molecule has 0 spiro atoms. The molecule has 1 aliphatic carbocycles. The van der Waals surface area contributed by atoms with Crippen molar-refractivity contribution >= 4 is 5.91 Å². The largest absolute Gasteiger partial charge is 0.492 e. The predicted molar refractivity (Wildman–Crippen MR) is 75.3 cm³/mol. The zero-order valence-corrected chi connectivity index (χ0v) is 11.2. The Labute approximate surface area is 114 Å². The summed E-state index contributed by atoms with van der Waals surface area (Å²) in [5, 5.41) is 3.10. The Balaban J connectivity index is 1.87. The van der Waals surface area contributed by atoms with Gasteiger partial charge in [-0.3, -0.25) is 4.79 Å². The summed E-state index contributed by atoms with van der Waals surface area (Å²) in [6.07, 6.45) is 5.93. The molecule has 2 rings (SSSR count). The second-order valence-corrected chi connectivity index (χ2v) is 4.97. The summed E-state index contributed by atoms with van der Waals surface area (Å²) in [6, 6.07) is 7.56. The van der Waals surface area contributed by atoms with Gasteiger partial charge in [0, 0.05) is 18.2 Å². The number of benzene rings is 1. The quantitative estimate of drug-likeness (QED) is 0.854. The zero-order chi connectivity index (χ0) is 13.5. The van der Waals surface area contributed by atoms with E-state index in [1.807, 2.05) is 12.1 Å². The van der Waals surface area contributed by atoms with Crippen molar-refractivity contribution in [3.05, 3.63) is 29.8 Å². The van der Waals surface area contributed by atoms with Crippen LogP contribution in [0.25, 0.3) is 0 Å². The van der Waals surface area contributed by atoms with Crippen LogP contribution in [0.1, 0.15) is 42.5 Å². The number of carbonyl (C=O) groups is 1. The molecule has 4 heteroatoms. The van der Waals surface area contributed by atoms with Crippen molar-refractivity contribution < 1.29 is 9.53 Å². The molecule has 1 aliphatic rings. The Morgan fingerprint density at radius 1 is 1.21 bits per heavy atom. The Morgan fingerprint density at radius 3 is 2.53 bits per heavy atom. The molecule has 19 heavy (non-hydrogen) atoms. The maximum absolute atomic E-state index is 12.1. The molecule has 0 aliphatic heterocycles. The molecule has 1 saturated carbocycles. The maximum Gasteiger partial charge on any atom is 0.251 e. The van der Waals surface area contributed by atoms with Crippen LogP contribution < -0.4 is 15.8 Å². The SMILES string of the molecule is NCCOc1ccc(C(=O)NC2CCCCC2)cc1. The van der Waals surface area contributed by atoms with E-state index in [1.165, 1.54) is 19.3 Å². The number of amides is 1. The normalized spacial score (nSPS) is 16.1. The molecule has 3 N–H and O–H groups in total. The van der Waals surface area contributed by atoms with Crippen molar-refractivity contribution in [2.24, 2.45) is 5.73 Å². The van der Waals surface area contributed by atoms with E-state index in [0.29, 0.717) is 24.8 Å². The molecule has 4 nitrogen and oxygen atoms in total. The van der Waals surface area contributed by atoms with Crippen LogP contribution in [0.2, 0.25) is 0 Å². The highest BCUT2D eigenvalue weighted by Crippen LogP contribution is 2.18. The molecule has 0 saturated heterocycles. The van der Waals surface area contributed by atoms with Crippen molar-refractivity contribution in [1.29, 1.82) is 0 Å². The van der Waals surface area contributed by atoms with Crippen molar-refractivity contribution in [2.45, 2.75) is 38.1 Å². The molecule has 0 bridgehead atoms. The third-order valence-corrected chi connectivity index (χ3v) is 3.44. The van der Waals surface area contributed by atoms with Crippen molar-refractivity contribution in [3.63, 3.8) is 0 Å². The van der Waals surface area contributed by atoms with Crippen LogP contribution in [-0.4, -0.2) is 25.1 Å². The lowest BCUT2D eigenvalue weighted by atomic mass is 9.95. The highest BCUT2D eigenvalue weighted by molar-refractivity contribution is 5.94. The average molecular weight is 262 g/mol. The monoisotopic (exact) mass is 262 g/mol. The van der Waals surface area contributed by atoms with Gasteiger partial charge in [-0.1, -0.05) is 19.3 Å². The second kappa shape index (κ2) is 7.14. The van der Waals surface area contributed by atoms with Gasteiger partial charge in [-0.2, -0.15) is 0 Å². The predicted octanol–water partition coefficient (Wildman–Crippen LogP) is 2.09. The summed E-state index contributed by atoms with van der Waals surface area (Å²) >= 11 is 0. The van der Waals surface area contributed by atoms with Gasteiger partial charge in [0.2, 0.25) is 0 Å². The van der Waals surface area contributed by atoms with Gasteiger partial charge in [-0.15, -0.1) is 0 Å². The summed E-state index contributed by atoms with van der Waals surface area (Å²) in [7, 11) is 0.